The topological polar surface area (TPSA) is 39.1 Å². The SMILES string of the molecule is CCCNCc1cnn(CCc2ccc3c(c2)CCO3)c1. The van der Waals surface area contributed by atoms with Crippen molar-refractivity contribution in [2.24, 2.45) is 0 Å². The standard InChI is InChI=1S/C17H23N3O/c1-2-7-18-11-15-12-19-20(13-15)8-5-14-3-4-17-16(10-14)6-9-21-17/h3-4,10,12-13,18H,2,5-9,11H2,1H3. The predicted octanol–water partition coefficient (Wildman–Crippen LogP) is 2.56. The van der Waals surface area contributed by atoms with Crippen molar-refractivity contribution >= 4 is 0 Å². The molecule has 21 heavy (non-hydrogen) atoms. The number of fused-ring (bicyclic) bond motifs is 1. The van der Waals surface area contributed by atoms with E-state index in [0.29, 0.717) is 0 Å². The first kappa shape index (κ1) is 14.1. The van der Waals surface area contributed by atoms with Gasteiger partial charge in [-0.1, -0.05) is 19.1 Å². The van der Waals surface area contributed by atoms with Gasteiger partial charge in [0.25, 0.3) is 0 Å². The average molecular weight is 285 g/mol. The zero-order chi connectivity index (χ0) is 14.5. The minimum atomic E-state index is 0.825. The summed E-state index contributed by atoms with van der Waals surface area (Å²) in [6, 6.07) is 6.54. The van der Waals surface area contributed by atoms with Crippen LogP contribution in [0.5, 0.6) is 5.75 Å². The second-order valence-corrected chi connectivity index (χ2v) is 5.58. The Labute approximate surface area is 126 Å². The Morgan fingerprint density at radius 1 is 1.33 bits per heavy atom. The first-order chi connectivity index (χ1) is 10.3. The van der Waals surface area contributed by atoms with E-state index in [4.69, 9.17) is 4.74 Å². The van der Waals surface area contributed by atoms with E-state index in [0.717, 1.165) is 51.3 Å². The molecule has 0 bridgehead atoms. The molecule has 3 rings (SSSR count). The molecule has 1 aliphatic heterocycles. The van der Waals surface area contributed by atoms with Crippen molar-refractivity contribution in [1.29, 1.82) is 0 Å². The summed E-state index contributed by atoms with van der Waals surface area (Å²) < 4.78 is 7.58. The molecule has 0 amide bonds. The van der Waals surface area contributed by atoms with Crippen molar-refractivity contribution in [3.8, 4) is 5.75 Å². The summed E-state index contributed by atoms with van der Waals surface area (Å²) in [5.41, 5.74) is 3.96. The van der Waals surface area contributed by atoms with E-state index in [1.165, 1.54) is 16.7 Å². The van der Waals surface area contributed by atoms with Gasteiger partial charge in [0.05, 0.1) is 12.8 Å². The molecule has 1 aromatic carbocycles. The zero-order valence-electron chi connectivity index (χ0n) is 12.6. The van der Waals surface area contributed by atoms with Gasteiger partial charge in [0.15, 0.2) is 0 Å². The first-order valence-electron chi connectivity index (χ1n) is 7.82. The number of aromatic nitrogens is 2. The normalized spacial score (nSPS) is 13.2. The maximum absolute atomic E-state index is 5.54. The molecule has 0 saturated carbocycles. The summed E-state index contributed by atoms with van der Waals surface area (Å²) in [6.45, 7) is 5.89. The summed E-state index contributed by atoms with van der Waals surface area (Å²) in [5.74, 6) is 1.06. The van der Waals surface area contributed by atoms with E-state index >= 15 is 0 Å². The second kappa shape index (κ2) is 6.76. The zero-order valence-corrected chi connectivity index (χ0v) is 12.6. The van der Waals surface area contributed by atoms with Gasteiger partial charge < -0.3 is 10.1 Å². The van der Waals surface area contributed by atoms with Gasteiger partial charge in [-0.15, -0.1) is 0 Å². The van der Waals surface area contributed by atoms with Crippen LogP contribution in [0.3, 0.4) is 0 Å². The van der Waals surface area contributed by atoms with Crippen LogP contribution in [0.1, 0.15) is 30.0 Å². The fraction of sp³-hybridized carbons (Fsp3) is 0.471. The van der Waals surface area contributed by atoms with Gasteiger partial charge in [-0.3, -0.25) is 4.68 Å². The summed E-state index contributed by atoms with van der Waals surface area (Å²) in [7, 11) is 0. The van der Waals surface area contributed by atoms with Crippen LogP contribution in [0, 0.1) is 0 Å². The molecule has 0 atom stereocenters. The van der Waals surface area contributed by atoms with E-state index in [1.54, 1.807) is 0 Å². The highest BCUT2D eigenvalue weighted by molar-refractivity contribution is 5.39. The molecule has 4 nitrogen and oxygen atoms in total. The lowest BCUT2D eigenvalue weighted by Gasteiger charge is -2.05. The minimum Gasteiger partial charge on any atom is -0.493 e. The summed E-state index contributed by atoms with van der Waals surface area (Å²) in [5, 5.41) is 7.83. The van der Waals surface area contributed by atoms with Crippen LogP contribution >= 0.6 is 0 Å². The fourth-order valence-electron chi connectivity index (χ4n) is 2.67. The van der Waals surface area contributed by atoms with Crippen LogP contribution in [-0.2, 0) is 25.9 Å². The Hall–Kier alpha value is -1.81. The number of rotatable bonds is 7. The molecule has 4 heteroatoms. The third kappa shape index (κ3) is 3.64. The number of hydrogen-bond acceptors (Lipinski definition) is 3. The number of hydrogen-bond donors (Lipinski definition) is 1. The quantitative estimate of drug-likeness (QED) is 0.795. The molecular weight excluding hydrogens is 262 g/mol. The summed E-state index contributed by atoms with van der Waals surface area (Å²) in [6.07, 6.45) is 7.31. The van der Waals surface area contributed by atoms with Crippen molar-refractivity contribution in [2.75, 3.05) is 13.2 Å². The Kier molecular flexibility index (Phi) is 4.55. The molecular formula is C17H23N3O. The minimum absolute atomic E-state index is 0.825. The Balaban J connectivity index is 1.53. The maximum Gasteiger partial charge on any atom is 0.122 e. The molecule has 1 N–H and O–H groups in total. The van der Waals surface area contributed by atoms with Crippen molar-refractivity contribution in [1.82, 2.24) is 15.1 Å². The van der Waals surface area contributed by atoms with Crippen LogP contribution in [0.2, 0.25) is 0 Å². The molecule has 0 aliphatic carbocycles. The number of benzene rings is 1. The van der Waals surface area contributed by atoms with Gasteiger partial charge in [-0.25, -0.2) is 0 Å². The molecule has 0 radical (unpaired) electrons. The monoisotopic (exact) mass is 285 g/mol. The smallest absolute Gasteiger partial charge is 0.122 e. The van der Waals surface area contributed by atoms with E-state index in [2.05, 4.69) is 41.7 Å². The van der Waals surface area contributed by atoms with Gasteiger partial charge in [0, 0.05) is 31.3 Å². The van der Waals surface area contributed by atoms with Crippen molar-refractivity contribution in [3.63, 3.8) is 0 Å². The van der Waals surface area contributed by atoms with Crippen LogP contribution in [-0.4, -0.2) is 22.9 Å². The molecule has 112 valence electrons. The van der Waals surface area contributed by atoms with Gasteiger partial charge in [0.1, 0.15) is 5.75 Å². The summed E-state index contributed by atoms with van der Waals surface area (Å²) >= 11 is 0. The van der Waals surface area contributed by atoms with Crippen LogP contribution < -0.4 is 10.1 Å². The number of nitrogens with zero attached hydrogens (tertiary/aromatic N) is 2. The number of ether oxygens (including phenoxy) is 1. The first-order valence-corrected chi connectivity index (χ1v) is 7.82. The number of aryl methyl sites for hydroxylation is 2. The molecule has 2 heterocycles. The second-order valence-electron chi connectivity index (χ2n) is 5.58. The molecule has 1 aliphatic rings. The largest absolute Gasteiger partial charge is 0.493 e. The fourth-order valence-corrected chi connectivity index (χ4v) is 2.67. The highest BCUT2D eigenvalue weighted by atomic mass is 16.5. The van der Waals surface area contributed by atoms with Crippen molar-refractivity contribution in [3.05, 3.63) is 47.3 Å². The molecule has 0 unspecified atom stereocenters. The van der Waals surface area contributed by atoms with Crippen LogP contribution in [0.4, 0.5) is 0 Å². The molecule has 0 saturated heterocycles. The Morgan fingerprint density at radius 2 is 2.29 bits per heavy atom. The van der Waals surface area contributed by atoms with E-state index < -0.39 is 0 Å². The Bertz CT molecular complexity index is 591. The molecule has 2 aromatic rings. The highest BCUT2D eigenvalue weighted by Crippen LogP contribution is 2.26. The van der Waals surface area contributed by atoms with E-state index in [-0.39, 0.29) is 0 Å². The van der Waals surface area contributed by atoms with E-state index in [1.807, 2.05) is 10.9 Å². The number of nitrogens with one attached hydrogen (secondary N) is 1. The van der Waals surface area contributed by atoms with Crippen molar-refractivity contribution < 1.29 is 4.74 Å². The van der Waals surface area contributed by atoms with Gasteiger partial charge in [0.2, 0.25) is 0 Å². The molecule has 1 aromatic heterocycles. The van der Waals surface area contributed by atoms with Crippen LogP contribution in [0.25, 0.3) is 0 Å². The molecule has 0 spiro atoms. The third-order valence-corrected chi connectivity index (χ3v) is 3.83. The van der Waals surface area contributed by atoms with Gasteiger partial charge in [-0.05, 0) is 36.6 Å². The van der Waals surface area contributed by atoms with Crippen LogP contribution in [0.15, 0.2) is 30.6 Å². The average Bonchev–Trinajstić information content (AvgIpc) is 3.13. The highest BCUT2D eigenvalue weighted by Gasteiger charge is 2.11. The summed E-state index contributed by atoms with van der Waals surface area (Å²) in [4.78, 5) is 0. The van der Waals surface area contributed by atoms with E-state index in [9.17, 15) is 0 Å². The molecule has 0 fully saturated rings. The van der Waals surface area contributed by atoms with Gasteiger partial charge in [-0.2, -0.15) is 5.10 Å². The third-order valence-electron chi connectivity index (χ3n) is 3.83. The lowest BCUT2D eigenvalue weighted by molar-refractivity contribution is 0.357. The maximum atomic E-state index is 5.54. The van der Waals surface area contributed by atoms with Crippen molar-refractivity contribution in [2.45, 2.75) is 39.3 Å². The van der Waals surface area contributed by atoms with Gasteiger partial charge >= 0.3 is 0 Å². The Morgan fingerprint density at radius 3 is 3.19 bits per heavy atom. The lowest BCUT2D eigenvalue weighted by atomic mass is 10.1. The predicted molar refractivity (Wildman–Crippen MR) is 83.6 cm³/mol. The lowest BCUT2D eigenvalue weighted by Crippen LogP contribution is -2.13.